The Kier molecular flexibility index (Phi) is 7.07. The number of hydrogen-bond acceptors (Lipinski definition) is 5. The highest BCUT2D eigenvalue weighted by molar-refractivity contribution is 6.31. The van der Waals surface area contributed by atoms with Crippen LogP contribution in [-0.4, -0.2) is 19.7 Å². The maximum atomic E-state index is 11.7. The molecule has 0 atom stereocenters. The average molecular weight is 372 g/mol. The van der Waals surface area contributed by atoms with Gasteiger partial charge in [0.1, 0.15) is 18.2 Å². The van der Waals surface area contributed by atoms with Crippen molar-refractivity contribution in [1.82, 2.24) is 0 Å². The Hall–Kier alpha value is -2.97. The first-order valence-electron chi connectivity index (χ1n) is 7.92. The molecule has 0 aliphatic heterocycles. The van der Waals surface area contributed by atoms with Crippen LogP contribution >= 0.6 is 11.6 Å². The third-order valence-electron chi connectivity index (χ3n) is 3.46. The second kappa shape index (κ2) is 9.50. The molecule has 2 aromatic rings. The van der Waals surface area contributed by atoms with Gasteiger partial charge < -0.3 is 14.2 Å². The molecule has 0 heterocycles. The molecule has 0 fully saturated rings. The molecule has 2 aromatic carbocycles. The van der Waals surface area contributed by atoms with Gasteiger partial charge in [0.15, 0.2) is 11.5 Å². The monoisotopic (exact) mass is 371 g/mol. The number of esters is 1. The van der Waals surface area contributed by atoms with E-state index in [4.69, 9.17) is 31.1 Å². The number of halogens is 1. The van der Waals surface area contributed by atoms with E-state index in [0.717, 1.165) is 5.56 Å². The predicted molar refractivity (Wildman–Crippen MR) is 99.0 cm³/mol. The highest BCUT2D eigenvalue weighted by Crippen LogP contribution is 2.30. The summed E-state index contributed by atoms with van der Waals surface area (Å²) in [4.78, 5) is 11.7. The summed E-state index contributed by atoms with van der Waals surface area (Å²) in [6.45, 7) is 2.18. The third kappa shape index (κ3) is 5.01. The second-order valence-electron chi connectivity index (χ2n) is 5.18. The largest absolute Gasteiger partial charge is 0.493 e. The molecule has 0 saturated heterocycles. The summed E-state index contributed by atoms with van der Waals surface area (Å²) in [5.74, 6) is 0.346. The molecule has 26 heavy (non-hydrogen) atoms. The van der Waals surface area contributed by atoms with E-state index in [0.29, 0.717) is 22.1 Å². The summed E-state index contributed by atoms with van der Waals surface area (Å²) < 4.78 is 16.0. The molecule has 0 aliphatic carbocycles. The van der Waals surface area contributed by atoms with Crippen molar-refractivity contribution in [1.29, 1.82) is 5.26 Å². The van der Waals surface area contributed by atoms with Crippen LogP contribution < -0.4 is 9.47 Å². The Bertz CT molecular complexity index is 855. The van der Waals surface area contributed by atoms with E-state index in [1.807, 2.05) is 24.3 Å². The quantitative estimate of drug-likeness (QED) is 0.410. The van der Waals surface area contributed by atoms with E-state index in [-0.39, 0.29) is 18.8 Å². The van der Waals surface area contributed by atoms with Crippen molar-refractivity contribution < 1.29 is 19.0 Å². The molecule has 5 nitrogen and oxygen atoms in total. The van der Waals surface area contributed by atoms with Crippen LogP contribution in [0.15, 0.2) is 48.0 Å². The lowest BCUT2D eigenvalue weighted by Gasteiger charge is -2.12. The van der Waals surface area contributed by atoms with Gasteiger partial charge in [0.2, 0.25) is 0 Å². The normalized spacial score (nSPS) is 10.8. The van der Waals surface area contributed by atoms with Gasteiger partial charge in [0.05, 0.1) is 13.7 Å². The second-order valence-corrected chi connectivity index (χ2v) is 5.59. The first kappa shape index (κ1) is 19.4. The summed E-state index contributed by atoms with van der Waals surface area (Å²) in [6.07, 6.45) is 1.44. The Balaban J connectivity index is 2.20. The maximum absolute atomic E-state index is 11.7. The van der Waals surface area contributed by atoms with Crippen molar-refractivity contribution in [3.8, 4) is 17.6 Å². The molecule has 0 bridgehead atoms. The molecule has 0 aliphatic rings. The highest BCUT2D eigenvalue weighted by Gasteiger charge is 2.12. The molecule has 0 aromatic heterocycles. The van der Waals surface area contributed by atoms with Crippen LogP contribution in [0.5, 0.6) is 11.5 Å². The van der Waals surface area contributed by atoms with Crippen molar-refractivity contribution in [3.63, 3.8) is 0 Å². The van der Waals surface area contributed by atoms with Gasteiger partial charge in [-0.15, -0.1) is 0 Å². The molecule has 6 heteroatoms. The summed E-state index contributed by atoms with van der Waals surface area (Å²) in [5.41, 5.74) is 1.39. The van der Waals surface area contributed by atoms with Gasteiger partial charge in [0.25, 0.3) is 0 Å². The fraction of sp³-hybridized carbons (Fsp3) is 0.200. The molecule has 0 amide bonds. The molecule has 2 rings (SSSR count). The molecule has 0 saturated carbocycles. The number of carbonyl (C=O) groups excluding carboxylic acids is 1. The lowest BCUT2D eigenvalue weighted by atomic mass is 10.1. The third-order valence-corrected chi connectivity index (χ3v) is 3.82. The van der Waals surface area contributed by atoms with Gasteiger partial charge in [-0.3, -0.25) is 0 Å². The summed E-state index contributed by atoms with van der Waals surface area (Å²) in [6, 6.07) is 14.4. The van der Waals surface area contributed by atoms with Crippen molar-refractivity contribution >= 4 is 23.6 Å². The SMILES string of the molecule is CCOC(=O)/C(C#N)=C\c1ccc(OCc2ccccc2Cl)c(OC)c1. The minimum absolute atomic E-state index is 0.0846. The van der Waals surface area contributed by atoms with E-state index >= 15 is 0 Å². The van der Waals surface area contributed by atoms with Crippen molar-refractivity contribution in [3.05, 3.63) is 64.2 Å². The first-order valence-corrected chi connectivity index (χ1v) is 8.30. The molecule has 0 unspecified atom stereocenters. The highest BCUT2D eigenvalue weighted by atomic mass is 35.5. The number of nitriles is 1. The minimum Gasteiger partial charge on any atom is -0.493 e. The molecule has 134 valence electrons. The smallest absolute Gasteiger partial charge is 0.348 e. The Morgan fingerprint density at radius 1 is 1.23 bits per heavy atom. The van der Waals surface area contributed by atoms with Crippen LogP contribution in [0.4, 0.5) is 0 Å². The predicted octanol–water partition coefficient (Wildman–Crippen LogP) is 4.40. The number of methoxy groups -OCH3 is 1. The topological polar surface area (TPSA) is 68.6 Å². The van der Waals surface area contributed by atoms with Crippen LogP contribution in [-0.2, 0) is 16.1 Å². The molecule has 0 N–H and O–H groups in total. The first-order chi connectivity index (χ1) is 12.6. The van der Waals surface area contributed by atoms with E-state index in [1.54, 1.807) is 31.2 Å². The number of ether oxygens (including phenoxy) is 3. The number of carbonyl (C=O) groups is 1. The number of hydrogen-bond donors (Lipinski definition) is 0. The van der Waals surface area contributed by atoms with Crippen LogP contribution in [0.25, 0.3) is 6.08 Å². The minimum atomic E-state index is -0.659. The molecule has 0 spiro atoms. The van der Waals surface area contributed by atoms with Crippen LogP contribution in [0.1, 0.15) is 18.1 Å². The van der Waals surface area contributed by atoms with Crippen LogP contribution in [0.2, 0.25) is 5.02 Å². The van der Waals surface area contributed by atoms with E-state index in [2.05, 4.69) is 0 Å². The van der Waals surface area contributed by atoms with Crippen LogP contribution in [0.3, 0.4) is 0 Å². The number of nitrogens with zero attached hydrogens (tertiary/aromatic N) is 1. The summed E-state index contributed by atoms with van der Waals surface area (Å²) in [7, 11) is 1.52. The molecular formula is C20H18ClNO4. The van der Waals surface area contributed by atoms with Gasteiger partial charge in [0, 0.05) is 10.6 Å². The van der Waals surface area contributed by atoms with E-state index in [9.17, 15) is 4.79 Å². The van der Waals surface area contributed by atoms with Gasteiger partial charge in [-0.05, 0) is 36.8 Å². The molecular weight excluding hydrogens is 354 g/mol. The lowest BCUT2D eigenvalue weighted by Crippen LogP contribution is -2.06. The zero-order valence-electron chi connectivity index (χ0n) is 14.5. The zero-order chi connectivity index (χ0) is 18.9. The van der Waals surface area contributed by atoms with Gasteiger partial charge >= 0.3 is 5.97 Å². The lowest BCUT2D eigenvalue weighted by molar-refractivity contribution is -0.137. The van der Waals surface area contributed by atoms with Crippen molar-refractivity contribution in [2.24, 2.45) is 0 Å². The average Bonchev–Trinajstić information content (AvgIpc) is 2.66. The number of benzene rings is 2. The van der Waals surface area contributed by atoms with Crippen molar-refractivity contribution in [2.75, 3.05) is 13.7 Å². The standard InChI is InChI=1S/C20H18ClNO4/c1-3-25-20(23)16(12-22)10-14-8-9-18(19(11-14)24-2)26-13-15-6-4-5-7-17(15)21/h4-11H,3,13H2,1-2H3/b16-10-. The van der Waals surface area contributed by atoms with Gasteiger partial charge in [-0.2, -0.15) is 5.26 Å². The summed E-state index contributed by atoms with van der Waals surface area (Å²) in [5, 5.41) is 9.74. The Morgan fingerprint density at radius 3 is 2.65 bits per heavy atom. The fourth-order valence-corrected chi connectivity index (χ4v) is 2.37. The Labute approximate surface area is 157 Å². The number of rotatable bonds is 7. The fourth-order valence-electron chi connectivity index (χ4n) is 2.18. The van der Waals surface area contributed by atoms with E-state index in [1.165, 1.54) is 13.2 Å². The molecule has 0 radical (unpaired) electrons. The van der Waals surface area contributed by atoms with Crippen LogP contribution in [0, 0.1) is 11.3 Å². The van der Waals surface area contributed by atoms with Crippen molar-refractivity contribution in [2.45, 2.75) is 13.5 Å². The maximum Gasteiger partial charge on any atom is 0.348 e. The summed E-state index contributed by atoms with van der Waals surface area (Å²) >= 11 is 6.12. The van der Waals surface area contributed by atoms with Gasteiger partial charge in [-0.1, -0.05) is 35.9 Å². The van der Waals surface area contributed by atoms with E-state index < -0.39 is 5.97 Å². The Morgan fingerprint density at radius 2 is 2.00 bits per heavy atom. The van der Waals surface area contributed by atoms with Gasteiger partial charge in [-0.25, -0.2) is 4.79 Å². The zero-order valence-corrected chi connectivity index (χ0v) is 15.2.